The Labute approximate surface area is 186 Å². The Balaban J connectivity index is 2.01. The Morgan fingerprint density at radius 2 is 1.62 bits per heavy atom. The summed E-state index contributed by atoms with van der Waals surface area (Å²) in [6.45, 7) is 3.92. The fraction of sp³-hybridized carbons (Fsp3) is 0.160. The van der Waals surface area contributed by atoms with Crippen LogP contribution in [0.4, 0.5) is 11.4 Å². The molecule has 2 aromatic rings. The quantitative estimate of drug-likeness (QED) is 0.718. The first-order valence-corrected chi connectivity index (χ1v) is 9.90. The Morgan fingerprint density at radius 1 is 0.906 bits per heavy atom. The number of amides is 1. The topological polar surface area (TPSA) is 84.9 Å². The molecule has 0 aromatic heterocycles. The van der Waals surface area contributed by atoms with Gasteiger partial charge >= 0.3 is 11.9 Å². The van der Waals surface area contributed by atoms with Gasteiger partial charge in [-0.1, -0.05) is 24.3 Å². The van der Waals surface area contributed by atoms with Gasteiger partial charge < -0.3 is 19.7 Å². The Morgan fingerprint density at radius 3 is 2.34 bits per heavy atom. The van der Waals surface area contributed by atoms with Crippen LogP contribution in [-0.4, -0.2) is 32.1 Å². The standard InChI is InChI=1S/C25H24N2O5/c1-16-9-7-13-21(17(16)2)26-23(28)18-10-8-11-19(15-18)27-14-6-5-12-20(24(29)31-3)22(27)25(30)32-4/h5-15H,1-4H3,(H,26,28). The van der Waals surface area contributed by atoms with Gasteiger partial charge in [-0.2, -0.15) is 0 Å². The molecule has 0 radical (unpaired) electrons. The number of esters is 2. The van der Waals surface area contributed by atoms with Gasteiger partial charge in [0.05, 0.1) is 19.8 Å². The van der Waals surface area contributed by atoms with Crippen molar-refractivity contribution < 1.29 is 23.9 Å². The summed E-state index contributed by atoms with van der Waals surface area (Å²) in [5.41, 5.74) is 3.69. The van der Waals surface area contributed by atoms with E-state index in [-0.39, 0.29) is 17.2 Å². The molecule has 1 aliphatic heterocycles. The maximum Gasteiger partial charge on any atom is 0.355 e. The average molecular weight is 432 g/mol. The van der Waals surface area contributed by atoms with E-state index in [0.29, 0.717) is 11.3 Å². The molecule has 7 heteroatoms. The van der Waals surface area contributed by atoms with Crippen molar-refractivity contribution in [3.63, 3.8) is 0 Å². The molecule has 0 unspecified atom stereocenters. The number of rotatable bonds is 5. The summed E-state index contributed by atoms with van der Waals surface area (Å²) in [5, 5.41) is 2.93. The smallest absolute Gasteiger partial charge is 0.355 e. The zero-order valence-corrected chi connectivity index (χ0v) is 18.3. The zero-order chi connectivity index (χ0) is 23.3. The van der Waals surface area contributed by atoms with Crippen LogP contribution < -0.4 is 10.2 Å². The molecule has 0 saturated heterocycles. The normalized spacial score (nSPS) is 12.9. The minimum absolute atomic E-state index is 0.0172. The number of hydrogen-bond acceptors (Lipinski definition) is 6. The van der Waals surface area contributed by atoms with Crippen LogP contribution in [-0.2, 0) is 19.1 Å². The highest BCUT2D eigenvalue weighted by Crippen LogP contribution is 2.27. The second-order valence-corrected chi connectivity index (χ2v) is 7.07. The third-order valence-corrected chi connectivity index (χ3v) is 5.13. The number of carbonyl (C=O) groups is 3. The van der Waals surface area contributed by atoms with Crippen molar-refractivity contribution >= 4 is 29.2 Å². The molecular weight excluding hydrogens is 408 g/mol. The van der Waals surface area contributed by atoms with E-state index in [9.17, 15) is 14.4 Å². The number of nitrogens with zero attached hydrogens (tertiary/aromatic N) is 1. The van der Waals surface area contributed by atoms with Gasteiger partial charge in [0.2, 0.25) is 0 Å². The van der Waals surface area contributed by atoms with Gasteiger partial charge in [-0.3, -0.25) is 4.79 Å². The maximum absolute atomic E-state index is 12.9. The highest BCUT2D eigenvalue weighted by atomic mass is 16.5. The van der Waals surface area contributed by atoms with Crippen LogP contribution in [0.25, 0.3) is 0 Å². The highest BCUT2D eigenvalue weighted by Gasteiger charge is 2.27. The molecule has 0 spiro atoms. The number of benzene rings is 2. The van der Waals surface area contributed by atoms with E-state index in [4.69, 9.17) is 9.47 Å². The number of allylic oxidation sites excluding steroid dienone is 2. The molecule has 0 fully saturated rings. The first-order chi connectivity index (χ1) is 15.4. The van der Waals surface area contributed by atoms with Crippen molar-refractivity contribution in [1.29, 1.82) is 0 Å². The largest absolute Gasteiger partial charge is 0.465 e. The van der Waals surface area contributed by atoms with Gasteiger partial charge in [0, 0.05) is 23.1 Å². The minimum Gasteiger partial charge on any atom is -0.465 e. The molecule has 7 nitrogen and oxygen atoms in total. The monoisotopic (exact) mass is 432 g/mol. The van der Waals surface area contributed by atoms with Crippen molar-refractivity contribution in [3.8, 4) is 0 Å². The van der Waals surface area contributed by atoms with Gasteiger partial charge in [-0.05, 0) is 61.4 Å². The van der Waals surface area contributed by atoms with Crippen LogP contribution in [0, 0.1) is 13.8 Å². The lowest BCUT2D eigenvalue weighted by atomic mass is 10.1. The number of anilines is 2. The van der Waals surface area contributed by atoms with Crippen LogP contribution >= 0.6 is 0 Å². The molecule has 1 amide bonds. The fourth-order valence-corrected chi connectivity index (χ4v) is 3.24. The van der Waals surface area contributed by atoms with Crippen LogP contribution in [0.15, 0.2) is 78.2 Å². The molecule has 0 bridgehead atoms. The van der Waals surface area contributed by atoms with E-state index in [1.807, 2.05) is 32.0 Å². The Kier molecular flexibility index (Phi) is 6.90. The lowest BCUT2D eigenvalue weighted by Gasteiger charge is -2.23. The molecule has 0 atom stereocenters. The Hall–Kier alpha value is -4.13. The second-order valence-electron chi connectivity index (χ2n) is 7.07. The maximum atomic E-state index is 12.9. The molecule has 1 aliphatic rings. The third kappa shape index (κ3) is 4.62. The van der Waals surface area contributed by atoms with Crippen LogP contribution in [0.2, 0.25) is 0 Å². The number of ether oxygens (including phenoxy) is 2. The molecule has 0 aliphatic carbocycles. The lowest BCUT2D eigenvalue weighted by Crippen LogP contribution is -2.27. The van der Waals surface area contributed by atoms with Gasteiger partial charge in [-0.25, -0.2) is 9.59 Å². The third-order valence-electron chi connectivity index (χ3n) is 5.13. The van der Waals surface area contributed by atoms with Gasteiger partial charge in [0.1, 0.15) is 5.70 Å². The van der Waals surface area contributed by atoms with Crippen LogP contribution in [0.1, 0.15) is 21.5 Å². The summed E-state index contributed by atoms with van der Waals surface area (Å²) in [5.74, 6) is -1.69. The van der Waals surface area contributed by atoms with Crippen molar-refractivity contribution in [2.75, 3.05) is 24.4 Å². The minimum atomic E-state index is -0.716. The van der Waals surface area contributed by atoms with E-state index in [0.717, 1.165) is 16.8 Å². The number of carbonyl (C=O) groups excluding carboxylic acids is 3. The number of methoxy groups -OCH3 is 2. The first kappa shape index (κ1) is 22.6. The molecular formula is C25H24N2O5. The summed E-state index contributed by atoms with van der Waals surface area (Å²) in [7, 11) is 2.47. The van der Waals surface area contributed by atoms with E-state index >= 15 is 0 Å². The predicted octanol–water partition coefficient (Wildman–Crippen LogP) is 4.05. The SMILES string of the molecule is COC(=O)C1=C(C(=O)OC)N(c2cccc(C(=O)Nc3cccc(C)c3C)c2)C=CC=C1. The van der Waals surface area contributed by atoms with E-state index in [1.165, 1.54) is 25.2 Å². The van der Waals surface area contributed by atoms with Crippen molar-refractivity contribution in [2.24, 2.45) is 0 Å². The fourth-order valence-electron chi connectivity index (χ4n) is 3.24. The molecule has 2 aromatic carbocycles. The Bertz CT molecular complexity index is 1160. The van der Waals surface area contributed by atoms with Crippen molar-refractivity contribution in [1.82, 2.24) is 0 Å². The second kappa shape index (κ2) is 9.78. The summed E-state index contributed by atoms with van der Waals surface area (Å²) in [6.07, 6.45) is 6.38. The van der Waals surface area contributed by atoms with Gasteiger partial charge in [-0.15, -0.1) is 0 Å². The first-order valence-electron chi connectivity index (χ1n) is 9.90. The summed E-state index contributed by atoms with van der Waals surface area (Å²) in [6, 6.07) is 12.4. The van der Waals surface area contributed by atoms with E-state index in [2.05, 4.69) is 5.32 Å². The zero-order valence-electron chi connectivity index (χ0n) is 18.3. The summed E-state index contributed by atoms with van der Waals surface area (Å²) < 4.78 is 9.74. The predicted molar refractivity (Wildman–Crippen MR) is 122 cm³/mol. The molecule has 164 valence electrons. The van der Waals surface area contributed by atoms with Crippen LogP contribution in [0.5, 0.6) is 0 Å². The van der Waals surface area contributed by atoms with Crippen molar-refractivity contribution in [2.45, 2.75) is 13.8 Å². The number of aryl methyl sites for hydroxylation is 1. The summed E-state index contributed by atoms with van der Waals surface area (Å²) in [4.78, 5) is 39.3. The summed E-state index contributed by atoms with van der Waals surface area (Å²) >= 11 is 0. The van der Waals surface area contributed by atoms with E-state index < -0.39 is 11.9 Å². The van der Waals surface area contributed by atoms with Crippen LogP contribution in [0.3, 0.4) is 0 Å². The average Bonchev–Trinajstić information content (AvgIpc) is 3.04. The molecule has 1 heterocycles. The molecule has 1 N–H and O–H groups in total. The van der Waals surface area contributed by atoms with Gasteiger partial charge in [0.25, 0.3) is 5.91 Å². The molecule has 0 saturated carbocycles. The number of nitrogens with one attached hydrogen (secondary N) is 1. The lowest BCUT2D eigenvalue weighted by molar-refractivity contribution is -0.139. The molecule has 32 heavy (non-hydrogen) atoms. The number of hydrogen-bond donors (Lipinski definition) is 1. The van der Waals surface area contributed by atoms with E-state index in [1.54, 1.807) is 42.6 Å². The highest BCUT2D eigenvalue weighted by molar-refractivity contribution is 6.07. The van der Waals surface area contributed by atoms with Crippen molar-refractivity contribution in [3.05, 3.63) is 94.9 Å². The molecule has 3 rings (SSSR count). The van der Waals surface area contributed by atoms with Gasteiger partial charge in [0.15, 0.2) is 0 Å².